The lowest BCUT2D eigenvalue weighted by atomic mass is 10.2. The molecule has 16 nitrogen and oxygen atoms in total. The van der Waals surface area contributed by atoms with Crippen LogP contribution in [0.25, 0.3) is 0 Å². The molecule has 64 heavy (non-hydrogen) atoms. The average Bonchev–Trinajstić information content (AvgIpc) is 4.01. The maximum atomic E-state index is 14.5. The van der Waals surface area contributed by atoms with Crippen LogP contribution in [-0.4, -0.2) is 80.2 Å². The molecule has 4 heterocycles. The van der Waals surface area contributed by atoms with Gasteiger partial charge in [0, 0.05) is 23.5 Å². The van der Waals surface area contributed by atoms with Gasteiger partial charge in [-0.1, -0.05) is 96.3 Å². The lowest BCUT2D eigenvalue weighted by molar-refractivity contribution is 0.0268. The Morgan fingerprint density at radius 3 is 1.23 bits per heavy atom. The molecule has 2 fully saturated rings. The summed E-state index contributed by atoms with van der Waals surface area (Å²) in [7, 11) is 0. The summed E-state index contributed by atoms with van der Waals surface area (Å²) in [5, 5.41) is 3.51. The van der Waals surface area contributed by atoms with Crippen LogP contribution in [0.5, 0.6) is 0 Å². The highest BCUT2D eigenvalue weighted by Crippen LogP contribution is 2.36. The Labute approximate surface area is 370 Å². The van der Waals surface area contributed by atoms with Crippen molar-refractivity contribution in [1.82, 2.24) is 19.1 Å². The second kappa shape index (κ2) is 21.4. The number of halogens is 2. The molecule has 0 unspecified atom stereocenters. The molecule has 2 aliphatic heterocycles. The summed E-state index contributed by atoms with van der Waals surface area (Å²) in [5.74, 6) is -4.72. The van der Waals surface area contributed by atoms with Crippen molar-refractivity contribution in [2.24, 2.45) is 0 Å². The molecule has 2 aromatic heterocycles. The molecule has 2 amide bonds. The number of nitrogens with zero attached hydrogens (tertiary/aromatic N) is 4. The van der Waals surface area contributed by atoms with Gasteiger partial charge in [0.25, 0.3) is 11.8 Å². The van der Waals surface area contributed by atoms with Gasteiger partial charge in [0.2, 0.25) is 0 Å². The molecule has 2 N–H and O–H groups in total. The number of carbonyl (C=O) groups excluding carboxylic acids is 4. The monoisotopic (exact) mass is 910 g/mol. The van der Waals surface area contributed by atoms with Gasteiger partial charge in [-0.05, 0) is 48.5 Å². The number of hydrogen-bond acceptors (Lipinski definition) is 14. The lowest BCUT2D eigenvalue weighted by Gasteiger charge is -2.13. The minimum absolute atomic E-state index is 0.0230. The Morgan fingerprint density at radius 2 is 0.891 bits per heavy atom. The van der Waals surface area contributed by atoms with E-state index >= 15 is 0 Å². The van der Waals surface area contributed by atoms with Crippen LogP contribution in [0.4, 0.5) is 20.4 Å². The van der Waals surface area contributed by atoms with E-state index in [-0.39, 0.29) is 26.4 Å². The van der Waals surface area contributed by atoms with E-state index in [4.69, 9.17) is 18.9 Å². The summed E-state index contributed by atoms with van der Waals surface area (Å²) in [6, 6.07) is 33.5. The minimum Gasteiger partial charge on any atom is -0.458 e. The van der Waals surface area contributed by atoms with Gasteiger partial charge in [0.05, 0.1) is 24.3 Å². The first-order valence-electron chi connectivity index (χ1n) is 19.3. The Bertz CT molecular complexity index is 2530. The smallest absolute Gasteiger partial charge is 0.350 e. The highest BCUT2D eigenvalue weighted by Gasteiger charge is 2.32. The van der Waals surface area contributed by atoms with Crippen LogP contribution in [0.3, 0.4) is 0 Å². The predicted molar refractivity (Wildman–Crippen MR) is 232 cm³/mol. The largest absolute Gasteiger partial charge is 0.458 e. The van der Waals surface area contributed by atoms with Crippen LogP contribution >= 0.6 is 23.5 Å². The van der Waals surface area contributed by atoms with E-state index in [9.17, 15) is 37.5 Å². The fourth-order valence-corrected chi connectivity index (χ4v) is 8.16. The van der Waals surface area contributed by atoms with Gasteiger partial charge in [0.1, 0.15) is 34.8 Å². The molecule has 20 heteroatoms. The molecular weight excluding hydrogens is 875 g/mol. The molecule has 4 aromatic carbocycles. The van der Waals surface area contributed by atoms with Crippen molar-refractivity contribution in [2.45, 2.75) is 21.6 Å². The number of carbonyl (C=O) groups is 4. The van der Waals surface area contributed by atoms with Crippen molar-refractivity contribution in [3.05, 3.63) is 189 Å². The van der Waals surface area contributed by atoms with E-state index in [1.54, 1.807) is 121 Å². The third-order valence-corrected chi connectivity index (χ3v) is 11.7. The fraction of sp³-hybridized carbons (Fsp3) is 0.182. The summed E-state index contributed by atoms with van der Waals surface area (Å²) in [5.41, 5.74) is -1.04. The number of benzene rings is 4. The molecule has 0 bridgehead atoms. The summed E-state index contributed by atoms with van der Waals surface area (Å²) >= 11 is 2.42. The number of thioether (sulfide) groups is 2. The number of nitrogens with one attached hydrogen (secondary N) is 2. The summed E-state index contributed by atoms with van der Waals surface area (Å²) in [6.45, 7) is 0.166. The van der Waals surface area contributed by atoms with Crippen molar-refractivity contribution in [2.75, 3.05) is 37.1 Å². The van der Waals surface area contributed by atoms with Gasteiger partial charge in [0.15, 0.2) is 23.3 Å². The summed E-state index contributed by atoms with van der Waals surface area (Å²) in [4.78, 5) is 80.7. The van der Waals surface area contributed by atoms with Gasteiger partial charge in [-0.2, -0.15) is 9.97 Å². The highest BCUT2D eigenvalue weighted by atomic mass is 32.2. The molecule has 4 atom stereocenters. The van der Waals surface area contributed by atoms with Crippen LogP contribution in [0.15, 0.2) is 143 Å². The molecule has 2 aliphatic rings. The first-order chi connectivity index (χ1) is 31.0. The van der Waals surface area contributed by atoms with Crippen LogP contribution in [0.1, 0.15) is 52.2 Å². The molecule has 8 rings (SSSR count). The third-order valence-electron chi connectivity index (χ3n) is 9.16. The van der Waals surface area contributed by atoms with Crippen LogP contribution < -0.4 is 22.0 Å². The van der Waals surface area contributed by atoms with Gasteiger partial charge < -0.3 is 29.6 Å². The molecule has 6 aromatic rings. The molecule has 0 radical (unpaired) electrons. The van der Waals surface area contributed by atoms with E-state index in [1.165, 1.54) is 23.5 Å². The number of aromatic nitrogens is 4. The normalized spacial score (nSPS) is 17.7. The van der Waals surface area contributed by atoms with E-state index in [2.05, 4.69) is 20.6 Å². The zero-order valence-corrected chi connectivity index (χ0v) is 34.9. The van der Waals surface area contributed by atoms with Crippen LogP contribution in [-0.2, 0) is 18.9 Å². The molecular formula is C44H36F2N6O10S2. The average molecular weight is 911 g/mol. The second-order valence-corrected chi connectivity index (χ2v) is 16.2. The topological polar surface area (TPSA) is 199 Å². The van der Waals surface area contributed by atoms with Gasteiger partial charge in [-0.15, -0.1) is 0 Å². The first kappa shape index (κ1) is 45.0. The maximum absolute atomic E-state index is 14.5. The molecule has 2 saturated heterocycles. The molecule has 0 aliphatic carbocycles. The maximum Gasteiger partial charge on any atom is 0.350 e. The molecule has 328 valence electrons. The van der Waals surface area contributed by atoms with Crippen LogP contribution in [0, 0.1) is 11.6 Å². The van der Waals surface area contributed by atoms with Crippen molar-refractivity contribution in [1.29, 1.82) is 0 Å². The zero-order valence-electron chi connectivity index (χ0n) is 33.3. The van der Waals surface area contributed by atoms with E-state index in [0.717, 1.165) is 21.5 Å². The van der Waals surface area contributed by atoms with E-state index in [1.807, 2.05) is 0 Å². The number of anilines is 2. The standard InChI is InChI=1S/2C22H18FN3O5S/c2*23-16-11-26(22(29)25-19(16)24-20(27)14-7-3-1-4-8-14)17-12-30-18(32-17)13-31-21(28)15-9-5-2-6-10-15/h2*1-11,17-18H,12-13H2,(H,24,25,27,29)/t17-,18+;17-,18-/m01/s1. The number of hydrogen-bond donors (Lipinski definition) is 2. The number of esters is 2. The van der Waals surface area contributed by atoms with Crippen molar-refractivity contribution < 1.29 is 46.9 Å². The Balaban J connectivity index is 0.000000191. The molecule has 0 saturated carbocycles. The number of ether oxygens (including phenoxy) is 4. The van der Waals surface area contributed by atoms with Gasteiger partial charge >= 0.3 is 23.3 Å². The summed E-state index contributed by atoms with van der Waals surface area (Å²) < 4.78 is 52.9. The minimum atomic E-state index is -0.853. The van der Waals surface area contributed by atoms with E-state index in [0.29, 0.717) is 22.3 Å². The van der Waals surface area contributed by atoms with Crippen molar-refractivity contribution in [3.8, 4) is 0 Å². The molecule has 0 spiro atoms. The third kappa shape index (κ3) is 11.7. The predicted octanol–water partition coefficient (Wildman–Crippen LogP) is 6.16. The zero-order chi connectivity index (χ0) is 45.0. The second-order valence-electron chi connectivity index (χ2n) is 13.5. The Hall–Kier alpha value is -7.00. The quantitative estimate of drug-likeness (QED) is 0.132. The lowest BCUT2D eigenvalue weighted by Crippen LogP contribution is -2.28. The number of amides is 2. The number of rotatable bonds is 12. The van der Waals surface area contributed by atoms with Gasteiger partial charge in [-0.25, -0.2) is 28.0 Å². The van der Waals surface area contributed by atoms with Crippen LogP contribution in [0.2, 0.25) is 0 Å². The van der Waals surface area contributed by atoms with Crippen molar-refractivity contribution >= 4 is 58.9 Å². The fourth-order valence-electron chi connectivity index (χ4n) is 5.97. The van der Waals surface area contributed by atoms with E-state index < -0.39 is 80.0 Å². The first-order valence-corrected chi connectivity index (χ1v) is 21.2. The Kier molecular flexibility index (Phi) is 15.0. The van der Waals surface area contributed by atoms with Gasteiger partial charge in [-0.3, -0.25) is 18.7 Å². The SMILES string of the molecule is O=C(Nc1nc(=O)n([C@@H]2CO[C@@H](COC(=O)c3ccccc3)S2)cc1F)c1ccccc1.O=C(Nc1nc(=O)n([C@H]2CO[C@@H](COC(=O)c3ccccc3)S2)cc1F)c1ccccc1. The summed E-state index contributed by atoms with van der Waals surface area (Å²) in [6.07, 6.45) is 1.96. The Morgan fingerprint density at radius 1 is 0.562 bits per heavy atom. The van der Waals surface area contributed by atoms with Crippen molar-refractivity contribution in [3.63, 3.8) is 0 Å². The highest BCUT2D eigenvalue weighted by molar-refractivity contribution is 8.00.